The van der Waals surface area contributed by atoms with Crippen LogP contribution in [0, 0.1) is 0 Å². The molecule has 0 amide bonds. The topological polar surface area (TPSA) is 36.1 Å². The zero-order chi connectivity index (χ0) is 7.82. The van der Waals surface area contributed by atoms with Crippen molar-refractivity contribution in [3.05, 3.63) is 0 Å². The van der Waals surface area contributed by atoms with E-state index in [4.69, 9.17) is 0 Å². The highest BCUT2D eigenvalue weighted by atomic mass is 27.2. The lowest BCUT2D eigenvalue weighted by molar-refractivity contribution is 0.820. The van der Waals surface area contributed by atoms with Crippen molar-refractivity contribution in [2.24, 2.45) is 0 Å². The molecular weight excluding hydrogens is 141 g/mol. The van der Waals surface area contributed by atoms with Gasteiger partial charge in [0.25, 0.3) is 0 Å². The lowest BCUT2D eigenvalue weighted by Crippen LogP contribution is -2.57. The summed E-state index contributed by atoms with van der Waals surface area (Å²) in [5.41, 5.74) is 0. The molecule has 10 heavy (non-hydrogen) atoms. The van der Waals surface area contributed by atoms with E-state index in [1.165, 1.54) is 0 Å². The highest BCUT2D eigenvalue weighted by Crippen LogP contribution is 1.64. The molecule has 0 spiro atoms. The first kappa shape index (κ1) is 10.4. The van der Waals surface area contributed by atoms with E-state index in [-0.39, 0.29) is 0 Å². The summed E-state index contributed by atoms with van der Waals surface area (Å²) in [7, 11) is 0. The molecule has 3 nitrogen and oxygen atoms in total. The van der Waals surface area contributed by atoms with Crippen LogP contribution in [-0.2, 0) is 0 Å². The van der Waals surface area contributed by atoms with Crippen LogP contribution in [0.5, 0.6) is 0 Å². The van der Waals surface area contributed by atoms with Crippen LogP contribution in [0.1, 0.15) is 20.8 Å². The van der Waals surface area contributed by atoms with Gasteiger partial charge in [0.15, 0.2) is 0 Å². The fourth-order valence-corrected chi connectivity index (χ4v) is 2.49. The van der Waals surface area contributed by atoms with Crippen molar-refractivity contribution in [3.63, 3.8) is 0 Å². The van der Waals surface area contributed by atoms with Crippen LogP contribution >= 0.6 is 0 Å². The summed E-state index contributed by atoms with van der Waals surface area (Å²) in [6, 6.07) is 0. The van der Waals surface area contributed by atoms with E-state index < -0.39 is 14.8 Å². The van der Waals surface area contributed by atoms with Crippen molar-refractivity contribution < 1.29 is 0 Å². The molecule has 0 heterocycles. The first-order valence-corrected chi connectivity index (χ1v) is 5.78. The van der Waals surface area contributed by atoms with Crippen molar-refractivity contribution >= 4 is 14.8 Å². The quantitative estimate of drug-likeness (QED) is 0.470. The Labute approximate surface area is 68.6 Å². The summed E-state index contributed by atoms with van der Waals surface area (Å²) in [5, 5.41) is 0. The minimum atomic E-state index is -0.984. The second-order valence-electron chi connectivity index (χ2n) is 2.11. The molecule has 0 aliphatic heterocycles. The molecule has 3 N–H and O–H groups in total. The van der Waals surface area contributed by atoms with E-state index in [0.717, 1.165) is 19.6 Å². The summed E-state index contributed by atoms with van der Waals surface area (Å²) in [6.45, 7) is 9.56. The van der Waals surface area contributed by atoms with Crippen LogP contribution in [0.4, 0.5) is 0 Å². The summed E-state index contributed by atoms with van der Waals surface area (Å²) in [6.07, 6.45) is 0. The predicted octanol–water partition coefficient (Wildman–Crippen LogP) is -0.200. The van der Waals surface area contributed by atoms with Gasteiger partial charge in [-0.3, -0.25) is 0 Å². The van der Waals surface area contributed by atoms with Crippen LogP contribution < -0.4 is 12.9 Å². The molecule has 0 saturated carbocycles. The van der Waals surface area contributed by atoms with Gasteiger partial charge in [-0.15, -0.1) is 0 Å². The fourth-order valence-electron chi connectivity index (χ4n) is 0.829. The molecular formula is C6H18AlN3. The maximum atomic E-state index is 3.40. The lowest BCUT2D eigenvalue weighted by Gasteiger charge is -2.11. The average Bonchev–Trinajstić information content (AvgIpc) is 1.90. The molecule has 0 aliphatic rings. The van der Waals surface area contributed by atoms with E-state index in [1.54, 1.807) is 0 Å². The van der Waals surface area contributed by atoms with E-state index in [2.05, 4.69) is 33.7 Å². The second kappa shape index (κ2) is 7.52. The Hall–Kier alpha value is 0.412. The van der Waals surface area contributed by atoms with Gasteiger partial charge in [0.1, 0.15) is 0 Å². The number of rotatable bonds is 6. The Morgan fingerprint density at radius 2 is 1.10 bits per heavy atom. The van der Waals surface area contributed by atoms with Gasteiger partial charge in [-0.1, -0.05) is 20.8 Å². The molecule has 0 aromatic carbocycles. The van der Waals surface area contributed by atoms with Gasteiger partial charge in [-0.25, -0.2) is 0 Å². The molecule has 0 rings (SSSR count). The highest BCUT2D eigenvalue weighted by molar-refractivity contribution is 6.50. The Morgan fingerprint density at radius 3 is 1.30 bits per heavy atom. The van der Waals surface area contributed by atoms with Crippen molar-refractivity contribution in [2.45, 2.75) is 20.8 Å². The molecule has 0 aromatic rings. The molecule has 60 valence electrons. The Kier molecular flexibility index (Phi) is 7.83. The van der Waals surface area contributed by atoms with Crippen LogP contribution in [0.2, 0.25) is 0 Å². The Bertz CT molecular complexity index is 55.7. The average molecular weight is 159 g/mol. The van der Waals surface area contributed by atoms with E-state index in [9.17, 15) is 0 Å². The Morgan fingerprint density at radius 1 is 0.800 bits per heavy atom. The molecule has 0 bridgehead atoms. The molecule has 4 heteroatoms. The van der Waals surface area contributed by atoms with Crippen LogP contribution in [-0.4, -0.2) is 34.4 Å². The van der Waals surface area contributed by atoms with E-state index in [1.807, 2.05) is 0 Å². The van der Waals surface area contributed by atoms with Crippen molar-refractivity contribution in [2.75, 3.05) is 19.6 Å². The van der Waals surface area contributed by atoms with Gasteiger partial charge in [-0.2, -0.15) is 0 Å². The maximum Gasteiger partial charge on any atom is 0.600 e. The molecule has 0 radical (unpaired) electrons. The highest BCUT2D eigenvalue weighted by Gasteiger charge is 2.15. The van der Waals surface area contributed by atoms with Gasteiger partial charge in [0.2, 0.25) is 0 Å². The second-order valence-corrected chi connectivity index (χ2v) is 4.20. The molecule has 0 saturated heterocycles. The fraction of sp³-hybridized carbons (Fsp3) is 1.00. The van der Waals surface area contributed by atoms with Gasteiger partial charge >= 0.3 is 14.8 Å². The van der Waals surface area contributed by atoms with E-state index in [0.29, 0.717) is 0 Å². The van der Waals surface area contributed by atoms with Gasteiger partial charge in [0, 0.05) is 0 Å². The summed E-state index contributed by atoms with van der Waals surface area (Å²) in [4.78, 5) is 0. The molecule has 0 aromatic heterocycles. The zero-order valence-corrected chi connectivity index (χ0v) is 8.35. The monoisotopic (exact) mass is 159 g/mol. The SMILES string of the molecule is CC[NH][Al]([NH]CC)[NH]CC. The molecule has 0 fully saturated rings. The standard InChI is InChI=1S/3C2H6N.Al/c3*1-2-3;/h3*3H,2H2,1H3;/q3*-1;+3. The third kappa shape index (κ3) is 5.22. The minimum Gasteiger partial charge on any atom is -0.371 e. The van der Waals surface area contributed by atoms with Crippen molar-refractivity contribution in [3.8, 4) is 0 Å². The van der Waals surface area contributed by atoms with Crippen LogP contribution in [0.25, 0.3) is 0 Å². The smallest absolute Gasteiger partial charge is 0.371 e. The number of hydrogen-bond acceptors (Lipinski definition) is 3. The summed E-state index contributed by atoms with van der Waals surface area (Å²) >= 11 is -0.984. The largest absolute Gasteiger partial charge is 0.600 e. The third-order valence-corrected chi connectivity index (χ3v) is 3.67. The first-order valence-electron chi connectivity index (χ1n) is 4.05. The van der Waals surface area contributed by atoms with E-state index >= 15 is 0 Å². The maximum absolute atomic E-state index is 3.40. The number of hydrogen-bond donors (Lipinski definition) is 3. The molecule has 0 atom stereocenters. The van der Waals surface area contributed by atoms with Gasteiger partial charge < -0.3 is 12.9 Å². The van der Waals surface area contributed by atoms with Crippen LogP contribution in [0.15, 0.2) is 0 Å². The van der Waals surface area contributed by atoms with Crippen molar-refractivity contribution in [1.29, 1.82) is 0 Å². The third-order valence-electron chi connectivity index (χ3n) is 1.22. The minimum absolute atomic E-state index is 0.984. The molecule has 0 unspecified atom stereocenters. The lowest BCUT2D eigenvalue weighted by atomic mass is 10.8. The van der Waals surface area contributed by atoms with Crippen LogP contribution in [0.3, 0.4) is 0 Å². The Balaban J connectivity index is 3.30. The normalized spacial score (nSPS) is 9.90. The zero-order valence-electron chi connectivity index (χ0n) is 7.20. The molecule has 0 aliphatic carbocycles. The summed E-state index contributed by atoms with van der Waals surface area (Å²) < 4.78 is 10.2. The van der Waals surface area contributed by atoms with Gasteiger partial charge in [-0.05, 0) is 19.6 Å². The van der Waals surface area contributed by atoms with Crippen molar-refractivity contribution in [1.82, 2.24) is 12.9 Å². The number of nitrogens with one attached hydrogen (secondary N) is 3. The van der Waals surface area contributed by atoms with Gasteiger partial charge in [0.05, 0.1) is 0 Å². The summed E-state index contributed by atoms with van der Waals surface area (Å²) in [5.74, 6) is 0. The first-order chi connectivity index (χ1) is 4.85. The predicted molar refractivity (Wildman–Crippen MR) is 46.8 cm³/mol.